The summed E-state index contributed by atoms with van der Waals surface area (Å²) in [4.78, 5) is 44.9. The van der Waals surface area contributed by atoms with E-state index in [1.807, 2.05) is 43.3 Å². The number of aromatic nitrogens is 2. The first-order chi connectivity index (χ1) is 18.3. The molecule has 1 saturated carbocycles. The average Bonchev–Trinajstić information content (AvgIpc) is 3.52. The predicted molar refractivity (Wildman–Crippen MR) is 149 cm³/mol. The number of anilines is 2. The van der Waals surface area contributed by atoms with Crippen molar-refractivity contribution in [2.75, 3.05) is 10.6 Å². The van der Waals surface area contributed by atoms with Gasteiger partial charge in [-0.2, -0.15) is 4.37 Å². The molecule has 0 aliphatic heterocycles. The molecule has 1 aliphatic carbocycles. The Morgan fingerprint density at radius 2 is 1.79 bits per heavy atom. The van der Waals surface area contributed by atoms with Gasteiger partial charge in [0.15, 0.2) is 5.69 Å². The molecule has 1 atom stereocenters. The van der Waals surface area contributed by atoms with Gasteiger partial charge in [0, 0.05) is 34.4 Å². The lowest BCUT2D eigenvalue weighted by molar-refractivity contribution is -0.123. The first-order valence-electron chi connectivity index (χ1n) is 12.7. The Morgan fingerprint density at radius 1 is 1.08 bits per heavy atom. The van der Waals surface area contributed by atoms with Gasteiger partial charge in [0.2, 0.25) is 5.91 Å². The number of nitrogens with one attached hydrogen (secondary N) is 2. The number of para-hydroxylation sites is 1. The van der Waals surface area contributed by atoms with Gasteiger partial charge < -0.3 is 21.8 Å². The van der Waals surface area contributed by atoms with Gasteiger partial charge in [-0.3, -0.25) is 19.3 Å². The minimum absolute atomic E-state index is 0.0360. The number of rotatable bonds is 7. The normalized spacial score (nSPS) is 14.8. The van der Waals surface area contributed by atoms with Crippen LogP contribution in [0.2, 0.25) is 0 Å². The van der Waals surface area contributed by atoms with Crippen molar-refractivity contribution in [2.45, 2.75) is 51.1 Å². The minimum Gasteiger partial charge on any atom is -0.395 e. The second-order valence-corrected chi connectivity index (χ2v) is 10.5. The second-order valence-electron chi connectivity index (χ2n) is 9.68. The number of hydrogen-bond donors (Lipinski definition) is 4. The van der Waals surface area contributed by atoms with Crippen molar-refractivity contribution in [3.05, 3.63) is 76.4 Å². The molecule has 196 valence electrons. The highest BCUT2D eigenvalue weighted by molar-refractivity contribution is 7.09. The Kier molecular flexibility index (Phi) is 7.15. The Labute approximate surface area is 224 Å². The summed E-state index contributed by atoms with van der Waals surface area (Å²) in [5, 5.41) is 4.04. The number of carbonyl (C=O) groups excluding carboxylic acids is 3. The van der Waals surface area contributed by atoms with Crippen molar-refractivity contribution in [3.8, 4) is 0 Å². The molecule has 0 saturated heterocycles. The molecule has 0 spiro atoms. The van der Waals surface area contributed by atoms with Crippen LogP contribution in [0.1, 0.15) is 69.4 Å². The van der Waals surface area contributed by atoms with Crippen molar-refractivity contribution >= 4 is 51.5 Å². The number of carbonyl (C=O) groups is 3. The largest absolute Gasteiger partial charge is 0.395 e. The molecular weight excluding hydrogens is 500 g/mol. The second kappa shape index (κ2) is 10.7. The van der Waals surface area contributed by atoms with Crippen LogP contribution in [0.4, 0.5) is 11.4 Å². The molecular formula is C28H30N6O3S. The summed E-state index contributed by atoms with van der Waals surface area (Å²) < 4.78 is 4.02. The number of amides is 3. The zero-order valence-corrected chi connectivity index (χ0v) is 21.9. The molecule has 0 bridgehead atoms. The van der Waals surface area contributed by atoms with Crippen LogP contribution in [-0.2, 0) is 4.79 Å². The van der Waals surface area contributed by atoms with Crippen molar-refractivity contribution in [1.29, 1.82) is 0 Å². The van der Waals surface area contributed by atoms with Crippen LogP contribution in [0.25, 0.3) is 10.9 Å². The predicted octanol–water partition coefficient (Wildman–Crippen LogP) is 4.45. The van der Waals surface area contributed by atoms with Crippen molar-refractivity contribution in [2.24, 2.45) is 5.73 Å². The maximum absolute atomic E-state index is 14.2. The molecule has 0 unspecified atom stereocenters. The summed E-state index contributed by atoms with van der Waals surface area (Å²) in [5.41, 5.74) is 14.4. The standard InChI is InChI=1S/C28H30N6O3S/c1-16-11-13-18(14-12-16)34(28(37)25-22(29)23(26(30)35)33-38-25)24(27(36)32-17-7-3-2-4-8-17)20-15-31-21-10-6-5-9-19(20)21/h5-6,9-15,17,24,31H,2-4,7-8,29H2,1H3,(H2,30,35)(H,32,36)/t24-/m1/s1. The maximum Gasteiger partial charge on any atom is 0.273 e. The third kappa shape index (κ3) is 4.87. The highest BCUT2D eigenvalue weighted by Gasteiger charge is 2.38. The van der Waals surface area contributed by atoms with E-state index < -0.39 is 17.9 Å². The van der Waals surface area contributed by atoms with E-state index in [-0.39, 0.29) is 28.2 Å². The summed E-state index contributed by atoms with van der Waals surface area (Å²) in [7, 11) is 0. The molecule has 1 fully saturated rings. The first kappa shape index (κ1) is 25.5. The number of benzene rings is 2. The minimum atomic E-state index is -1.01. The Hall–Kier alpha value is -4.18. The quantitative estimate of drug-likeness (QED) is 0.279. The van der Waals surface area contributed by atoms with Crippen LogP contribution in [0, 0.1) is 6.92 Å². The van der Waals surface area contributed by atoms with Gasteiger partial charge >= 0.3 is 0 Å². The number of primary amides is 1. The van der Waals surface area contributed by atoms with E-state index in [9.17, 15) is 14.4 Å². The third-order valence-electron chi connectivity index (χ3n) is 7.06. The summed E-state index contributed by atoms with van der Waals surface area (Å²) in [6.07, 6.45) is 6.82. The van der Waals surface area contributed by atoms with E-state index >= 15 is 0 Å². The number of fused-ring (bicyclic) bond motifs is 1. The molecule has 0 radical (unpaired) electrons. The van der Waals surface area contributed by atoms with Crippen LogP contribution in [0.3, 0.4) is 0 Å². The molecule has 4 aromatic rings. The van der Waals surface area contributed by atoms with Gasteiger partial charge in [0.1, 0.15) is 10.9 Å². The molecule has 2 aromatic heterocycles. The lowest BCUT2D eigenvalue weighted by Gasteiger charge is -2.33. The molecule has 38 heavy (non-hydrogen) atoms. The van der Waals surface area contributed by atoms with E-state index in [1.54, 1.807) is 18.3 Å². The summed E-state index contributed by atoms with van der Waals surface area (Å²) >= 11 is 0.798. The third-order valence-corrected chi connectivity index (χ3v) is 7.91. The van der Waals surface area contributed by atoms with Gasteiger partial charge in [0.25, 0.3) is 11.8 Å². The molecule has 2 heterocycles. The smallest absolute Gasteiger partial charge is 0.273 e. The van der Waals surface area contributed by atoms with Gasteiger partial charge in [0.05, 0.1) is 5.69 Å². The van der Waals surface area contributed by atoms with Crippen molar-refractivity contribution < 1.29 is 14.4 Å². The van der Waals surface area contributed by atoms with Crippen LogP contribution in [0.5, 0.6) is 0 Å². The monoisotopic (exact) mass is 530 g/mol. The number of nitrogens with zero attached hydrogens (tertiary/aromatic N) is 2. The number of nitrogen functional groups attached to an aromatic ring is 1. The SMILES string of the molecule is Cc1ccc(N(C(=O)c2snc(C(N)=O)c2N)[C@@H](C(=O)NC2CCCCC2)c2c[nH]c3ccccc23)cc1. The van der Waals surface area contributed by atoms with E-state index in [0.29, 0.717) is 11.3 Å². The Bertz CT molecular complexity index is 1490. The molecule has 9 nitrogen and oxygen atoms in total. The van der Waals surface area contributed by atoms with Crippen LogP contribution in [0.15, 0.2) is 54.7 Å². The van der Waals surface area contributed by atoms with Crippen LogP contribution < -0.4 is 21.7 Å². The van der Waals surface area contributed by atoms with E-state index in [0.717, 1.165) is 60.1 Å². The fourth-order valence-corrected chi connectivity index (χ4v) is 5.81. The van der Waals surface area contributed by atoms with Gasteiger partial charge in [-0.15, -0.1) is 0 Å². The lowest BCUT2D eigenvalue weighted by atomic mass is 9.94. The van der Waals surface area contributed by atoms with Gasteiger partial charge in [-0.1, -0.05) is 55.2 Å². The summed E-state index contributed by atoms with van der Waals surface area (Å²) in [6.45, 7) is 1.95. The topological polar surface area (TPSA) is 147 Å². The molecule has 6 N–H and O–H groups in total. The Balaban J connectivity index is 1.67. The number of hydrogen-bond acceptors (Lipinski definition) is 6. The van der Waals surface area contributed by atoms with E-state index in [2.05, 4.69) is 14.7 Å². The van der Waals surface area contributed by atoms with Crippen molar-refractivity contribution in [1.82, 2.24) is 14.7 Å². The van der Waals surface area contributed by atoms with Crippen LogP contribution in [-0.4, -0.2) is 33.1 Å². The van der Waals surface area contributed by atoms with Gasteiger partial charge in [-0.25, -0.2) is 0 Å². The number of aromatic amines is 1. The number of nitrogens with two attached hydrogens (primary N) is 2. The molecule has 3 amide bonds. The first-order valence-corrected chi connectivity index (χ1v) is 13.4. The summed E-state index contributed by atoms with van der Waals surface area (Å²) in [5.74, 6) is -1.64. The molecule has 5 rings (SSSR count). The average molecular weight is 531 g/mol. The zero-order valence-electron chi connectivity index (χ0n) is 21.1. The highest BCUT2D eigenvalue weighted by Crippen LogP contribution is 2.36. The molecule has 1 aliphatic rings. The fourth-order valence-electron chi connectivity index (χ4n) is 5.07. The van der Waals surface area contributed by atoms with Crippen LogP contribution >= 0.6 is 11.5 Å². The van der Waals surface area contributed by atoms with E-state index in [4.69, 9.17) is 11.5 Å². The number of aryl methyl sites for hydroxylation is 1. The van der Waals surface area contributed by atoms with E-state index in [1.165, 1.54) is 4.90 Å². The van der Waals surface area contributed by atoms with Gasteiger partial charge in [-0.05, 0) is 49.5 Å². The zero-order chi connectivity index (χ0) is 26.8. The molecule has 2 aromatic carbocycles. The summed E-state index contributed by atoms with van der Waals surface area (Å²) in [6, 6.07) is 14.0. The highest BCUT2D eigenvalue weighted by atomic mass is 32.1. The maximum atomic E-state index is 14.2. The Morgan fingerprint density at radius 3 is 2.47 bits per heavy atom. The molecule has 10 heteroatoms. The number of H-pyrrole nitrogens is 1. The fraction of sp³-hybridized carbons (Fsp3) is 0.286. The lowest BCUT2D eigenvalue weighted by Crippen LogP contribution is -2.47. The van der Waals surface area contributed by atoms with Crippen molar-refractivity contribution in [3.63, 3.8) is 0 Å².